The van der Waals surface area contributed by atoms with Crippen LogP contribution < -0.4 is 11.1 Å². The lowest BCUT2D eigenvalue weighted by molar-refractivity contribution is 0.315. The summed E-state index contributed by atoms with van der Waals surface area (Å²) >= 11 is 5.86. The third-order valence-corrected chi connectivity index (χ3v) is 3.18. The number of hydrogen-bond acceptors (Lipinski definition) is 3. The number of halogens is 1. The van der Waals surface area contributed by atoms with Crippen molar-refractivity contribution in [2.24, 2.45) is 10.9 Å². The quantitative estimate of drug-likeness (QED) is 0.322. The summed E-state index contributed by atoms with van der Waals surface area (Å²) in [5, 5.41) is 15.8. The number of nitrogens with two attached hydrogens (primary N) is 1. The molecule has 1 rings (SSSR count). The molecule has 1 aromatic carbocycles. The smallest absolute Gasteiger partial charge is 0.140 e. The molecule has 0 aliphatic heterocycles. The van der Waals surface area contributed by atoms with E-state index in [1.54, 1.807) is 0 Å². The van der Waals surface area contributed by atoms with Crippen molar-refractivity contribution in [2.45, 2.75) is 38.8 Å². The Morgan fingerprint density at radius 1 is 1.44 bits per heavy atom. The summed E-state index contributed by atoms with van der Waals surface area (Å²) in [5.41, 5.74) is 6.69. The highest BCUT2D eigenvalue weighted by molar-refractivity contribution is 6.30. The zero-order valence-corrected chi connectivity index (χ0v) is 11.5. The highest BCUT2D eigenvalue weighted by atomic mass is 35.5. The third-order valence-electron chi connectivity index (χ3n) is 2.93. The van der Waals surface area contributed by atoms with E-state index in [0.29, 0.717) is 6.42 Å². The van der Waals surface area contributed by atoms with Gasteiger partial charge in [0.05, 0.1) is 0 Å². The van der Waals surface area contributed by atoms with Crippen molar-refractivity contribution < 1.29 is 5.21 Å². The topological polar surface area (TPSA) is 70.6 Å². The Morgan fingerprint density at radius 2 is 2.06 bits per heavy atom. The molecule has 0 saturated carbocycles. The summed E-state index contributed by atoms with van der Waals surface area (Å²) in [5.74, 6) is 0.248. The van der Waals surface area contributed by atoms with Gasteiger partial charge in [0.25, 0.3) is 0 Å². The average molecular weight is 270 g/mol. The van der Waals surface area contributed by atoms with Gasteiger partial charge >= 0.3 is 0 Å². The number of benzene rings is 1. The van der Waals surface area contributed by atoms with Gasteiger partial charge in [0.15, 0.2) is 0 Å². The van der Waals surface area contributed by atoms with Gasteiger partial charge in [0.2, 0.25) is 0 Å². The Bertz CT molecular complexity index is 392. The van der Waals surface area contributed by atoms with Crippen LogP contribution in [0.15, 0.2) is 29.4 Å². The number of oxime groups is 1. The maximum absolute atomic E-state index is 8.58. The Hall–Kier alpha value is -1.26. The molecule has 1 aromatic rings. The molecule has 0 aliphatic carbocycles. The zero-order chi connectivity index (χ0) is 13.5. The number of nitrogens with one attached hydrogen (secondary N) is 1. The van der Waals surface area contributed by atoms with Crippen molar-refractivity contribution in [3.05, 3.63) is 34.9 Å². The Labute approximate surface area is 113 Å². The fourth-order valence-corrected chi connectivity index (χ4v) is 1.94. The summed E-state index contributed by atoms with van der Waals surface area (Å²) in [6.45, 7) is 4.15. The van der Waals surface area contributed by atoms with Crippen molar-refractivity contribution in [1.29, 1.82) is 0 Å². The van der Waals surface area contributed by atoms with Crippen LogP contribution in [0.3, 0.4) is 0 Å². The minimum absolute atomic E-state index is 0.187. The Balaban J connectivity index is 2.61. The maximum Gasteiger partial charge on any atom is 0.140 e. The van der Waals surface area contributed by atoms with Gasteiger partial charge in [0, 0.05) is 23.5 Å². The molecular formula is C13H20ClN3O. The first-order chi connectivity index (χ1) is 8.56. The predicted molar refractivity (Wildman–Crippen MR) is 75.1 cm³/mol. The zero-order valence-electron chi connectivity index (χ0n) is 10.7. The predicted octanol–water partition coefficient (Wildman–Crippen LogP) is 2.91. The van der Waals surface area contributed by atoms with Crippen LogP contribution in [0.2, 0.25) is 5.02 Å². The van der Waals surface area contributed by atoms with Gasteiger partial charge in [-0.25, -0.2) is 0 Å². The van der Waals surface area contributed by atoms with E-state index < -0.39 is 0 Å². The van der Waals surface area contributed by atoms with Gasteiger partial charge in [-0.05, 0) is 31.0 Å². The second-order valence-corrected chi connectivity index (χ2v) is 4.78. The second-order valence-electron chi connectivity index (χ2n) is 4.34. The lowest BCUT2D eigenvalue weighted by Crippen LogP contribution is -2.34. The van der Waals surface area contributed by atoms with E-state index in [1.807, 2.05) is 24.3 Å². The molecule has 0 radical (unpaired) electrons. The fourth-order valence-electron chi connectivity index (χ4n) is 1.82. The first-order valence-corrected chi connectivity index (χ1v) is 6.42. The molecule has 18 heavy (non-hydrogen) atoms. The lowest BCUT2D eigenvalue weighted by Gasteiger charge is -2.22. The van der Waals surface area contributed by atoms with Gasteiger partial charge in [-0.3, -0.25) is 0 Å². The summed E-state index contributed by atoms with van der Waals surface area (Å²) in [6.07, 6.45) is 1.44. The highest BCUT2D eigenvalue weighted by Gasteiger charge is 2.13. The molecule has 0 amide bonds. The molecule has 0 bridgehead atoms. The summed E-state index contributed by atoms with van der Waals surface area (Å²) in [6, 6.07) is 8.12. The molecule has 4 N–H and O–H groups in total. The molecule has 100 valence electrons. The largest absolute Gasteiger partial charge is 0.409 e. The van der Waals surface area contributed by atoms with Gasteiger partial charge in [-0.2, -0.15) is 0 Å². The Kier molecular flexibility index (Phi) is 5.95. The molecule has 0 aromatic heterocycles. The Morgan fingerprint density at radius 3 is 2.56 bits per heavy atom. The average Bonchev–Trinajstić information content (AvgIpc) is 2.38. The summed E-state index contributed by atoms with van der Waals surface area (Å²) < 4.78 is 0. The van der Waals surface area contributed by atoms with E-state index >= 15 is 0 Å². The van der Waals surface area contributed by atoms with Gasteiger partial charge in [0.1, 0.15) is 5.84 Å². The first kappa shape index (κ1) is 14.8. The first-order valence-electron chi connectivity index (χ1n) is 6.04. The minimum atomic E-state index is 0.187. The molecule has 0 saturated heterocycles. The summed E-state index contributed by atoms with van der Waals surface area (Å²) in [4.78, 5) is 0. The van der Waals surface area contributed by atoms with Crippen LogP contribution in [-0.4, -0.2) is 17.1 Å². The molecule has 0 spiro atoms. The van der Waals surface area contributed by atoms with Crippen molar-refractivity contribution in [2.75, 3.05) is 0 Å². The van der Waals surface area contributed by atoms with Crippen LogP contribution in [0, 0.1) is 0 Å². The lowest BCUT2D eigenvalue weighted by atomic mass is 10.0. The van der Waals surface area contributed by atoms with E-state index in [1.165, 1.54) is 0 Å². The summed E-state index contributed by atoms with van der Waals surface area (Å²) in [7, 11) is 0. The molecule has 0 aliphatic rings. The SMILES string of the molecule is CCC(C/C(N)=N/O)N[C@@H](C)c1ccc(Cl)cc1. The van der Waals surface area contributed by atoms with Crippen molar-refractivity contribution in [1.82, 2.24) is 5.32 Å². The molecule has 5 heteroatoms. The molecule has 4 nitrogen and oxygen atoms in total. The van der Waals surface area contributed by atoms with E-state index in [0.717, 1.165) is 17.0 Å². The highest BCUT2D eigenvalue weighted by Crippen LogP contribution is 2.17. The molecule has 0 fully saturated rings. The fraction of sp³-hybridized carbons (Fsp3) is 0.462. The van der Waals surface area contributed by atoms with Crippen molar-refractivity contribution >= 4 is 17.4 Å². The maximum atomic E-state index is 8.58. The van der Waals surface area contributed by atoms with Crippen LogP contribution in [0.1, 0.15) is 38.3 Å². The van der Waals surface area contributed by atoms with Crippen molar-refractivity contribution in [3.63, 3.8) is 0 Å². The van der Waals surface area contributed by atoms with Gasteiger partial charge < -0.3 is 16.3 Å². The molecular weight excluding hydrogens is 250 g/mol. The number of nitrogens with zero attached hydrogens (tertiary/aromatic N) is 1. The van der Waals surface area contributed by atoms with E-state index in [-0.39, 0.29) is 17.9 Å². The second kappa shape index (κ2) is 7.24. The van der Waals surface area contributed by atoms with Crippen LogP contribution in [0.25, 0.3) is 0 Å². The van der Waals surface area contributed by atoms with Crippen LogP contribution in [0.4, 0.5) is 0 Å². The number of amidine groups is 1. The van der Waals surface area contributed by atoms with E-state index in [9.17, 15) is 0 Å². The van der Waals surface area contributed by atoms with Crippen molar-refractivity contribution in [3.8, 4) is 0 Å². The molecule has 0 heterocycles. The van der Waals surface area contributed by atoms with Crippen LogP contribution >= 0.6 is 11.6 Å². The minimum Gasteiger partial charge on any atom is -0.409 e. The van der Waals surface area contributed by atoms with Crippen LogP contribution in [-0.2, 0) is 0 Å². The number of rotatable bonds is 6. The number of hydrogen-bond donors (Lipinski definition) is 3. The van der Waals surface area contributed by atoms with E-state index in [4.69, 9.17) is 22.5 Å². The molecule has 2 atom stereocenters. The van der Waals surface area contributed by atoms with Gasteiger partial charge in [-0.15, -0.1) is 0 Å². The van der Waals surface area contributed by atoms with Gasteiger partial charge in [-0.1, -0.05) is 35.8 Å². The molecule has 1 unspecified atom stereocenters. The van der Waals surface area contributed by atoms with E-state index in [2.05, 4.69) is 24.3 Å². The normalized spacial score (nSPS) is 15.4. The van der Waals surface area contributed by atoms with Crippen LogP contribution in [0.5, 0.6) is 0 Å². The monoisotopic (exact) mass is 269 g/mol. The standard InChI is InChI=1S/C13H20ClN3O/c1-3-12(8-13(15)17-18)16-9(2)10-4-6-11(14)7-5-10/h4-7,9,12,16,18H,3,8H2,1-2H3,(H2,15,17)/t9-,12?/m0/s1. The third kappa shape index (κ3) is 4.55.